The van der Waals surface area contributed by atoms with Crippen molar-refractivity contribution >= 4 is 0 Å². The number of nitrogens with zero attached hydrogens (tertiary/aromatic N) is 1. The summed E-state index contributed by atoms with van der Waals surface area (Å²) in [5.41, 5.74) is 5.56. The molecule has 2 N–H and O–H groups in total. The molecule has 1 heterocycles. The summed E-state index contributed by atoms with van der Waals surface area (Å²) in [5, 5.41) is 2.08. The van der Waals surface area contributed by atoms with Gasteiger partial charge in [0.2, 0.25) is 0 Å². The Hall–Kier alpha value is -0.120. The van der Waals surface area contributed by atoms with Crippen LogP contribution in [-0.2, 0) is 4.84 Å². The first-order valence-corrected chi connectivity index (χ1v) is 5.15. The molecule has 3 nitrogen and oxygen atoms in total. The molecule has 1 rings (SSSR count). The first kappa shape index (κ1) is 11.0. The Morgan fingerprint density at radius 3 is 2.23 bits per heavy atom. The predicted molar refractivity (Wildman–Crippen MR) is 54.2 cm³/mol. The lowest BCUT2D eigenvalue weighted by molar-refractivity contribution is -0.238. The maximum atomic E-state index is 5.76. The first-order chi connectivity index (χ1) is 6.01. The molecule has 1 aliphatic rings. The molecule has 0 bridgehead atoms. The molecule has 78 valence electrons. The van der Waals surface area contributed by atoms with E-state index >= 15 is 0 Å². The summed E-state index contributed by atoms with van der Waals surface area (Å²) < 4.78 is 0. The molecular formula is C10H22N2O. The van der Waals surface area contributed by atoms with Crippen molar-refractivity contribution < 1.29 is 4.84 Å². The van der Waals surface area contributed by atoms with Crippen LogP contribution in [0.4, 0.5) is 0 Å². The van der Waals surface area contributed by atoms with Crippen LogP contribution >= 0.6 is 0 Å². The van der Waals surface area contributed by atoms with Crippen LogP contribution in [0, 0.1) is 5.92 Å². The summed E-state index contributed by atoms with van der Waals surface area (Å²) >= 11 is 0. The fourth-order valence-electron chi connectivity index (χ4n) is 1.62. The fourth-order valence-corrected chi connectivity index (χ4v) is 1.62. The Labute approximate surface area is 81.2 Å². The van der Waals surface area contributed by atoms with Gasteiger partial charge in [0.15, 0.2) is 0 Å². The predicted octanol–water partition coefficient (Wildman–Crippen LogP) is 1.39. The normalized spacial score (nSPS) is 22.2. The van der Waals surface area contributed by atoms with Gasteiger partial charge in [0.1, 0.15) is 0 Å². The smallest absolute Gasteiger partial charge is 0.0815 e. The molecule has 3 heteroatoms. The van der Waals surface area contributed by atoms with E-state index in [-0.39, 0.29) is 5.60 Å². The van der Waals surface area contributed by atoms with Crippen molar-refractivity contribution in [1.82, 2.24) is 5.06 Å². The number of rotatable bonds is 2. The van der Waals surface area contributed by atoms with Gasteiger partial charge >= 0.3 is 0 Å². The summed E-state index contributed by atoms with van der Waals surface area (Å²) in [6, 6.07) is 0. The second-order valence-corrected chi connectivity index (χ2v) is 4.81. The maximum absolute atomic E-state index is 5.76. The van der Waals surface area contributed by atoms with Crippen LogP contribution in [-0.4, -0.2) is 30.3 Å². The third kappa shape index (κ3) is 4.07. The minimum Gasteiger partial charge on any atom is -0.330 e. The highest BCUT2D eigenvalue weighted by molar-refractivity contribution is 4.70. The molecule has 1 saturated heterocycles. The monoisotopic (exact) mass is 186 g/mol. The molecule has 0 atom stereocenters. The topological polar surface area (TPSA) is 38.5 Å². The minimum atomic E-state index is -0.0600. The summed E-state index contributed by atoms with van der Waals surface area (Å²) in [7, 11) is 0. The number of nitrogens with two attached hydrogens (primary N) is 1. The quantitative estimate of drug-likeness (QED) is 0.708. The largest absolute Gasteiger partial charge is 0.330 e. The van der Waals surface area contributed by atoms with Crippen LogP contribution in [0.15, 0.2) is 0 Å². The van der Waals surface area contributed by atoms with E-state index < -0.39 is 0 Å². The second-order valence-electron chi connectivity index (χ2n) is 4.81. The highest BCUT2D eigenvalue weighted by Gasteiger charge is 2.22. The number of hydrogen-bond acceptors (Lipinski definition) is 3. The molecule has 13 heavy (non-hydrogen) atoms. The molecule has 0 amide bonds. The van der Waals surface area contributed by atoms with E-state index in [0.717, 1.165) is 19.6 Å². The molecule has 0 spiro atoms. The Balaban J connectivity index is 2.25. The van der Waals surface area contributed by atoms with Crippen molar-refractivity contribution in [3.8, 4) is 0 Å². The standard InChI is InChI=1S/C10H22N2O/c1-10(2,3)13-12-6-4-9(8-11)5-7-12/h9H,4-8,11H2,1-3H3. The SMILES string of the molecule is CC(C)(C)ON1CCC(CN)CC1. The summed E-state index contributed by atoms with van der Waals surface area (Å²) in [4.78, 5) is 5.76. The molecule has 0 saturated carbocycles. The zero-order chi connectivity index (χ0) is 9.90. The van der Waals surface area contributed by atoms with Crippen molar-refractivity contribution in [3.63, 3.8) is 0 Å². The van der Waals surface area contributed by atoms with Crippen molar-refractivity contribution in [3.05, 3.63) is 0 Å². The van der Waals surface area contributed by atoms with E-state index in [9.17, 15) is 0 Å². The van der Waals surface area contributed by atoms with Gasteiger partial charge in [-0.25, -0.2) is 0 Å². The van der Waals surface area contributed by atoms with Gasteiger partial charge in [-0.1, -0.05) is 0 Å². The molecule has 0 aliphatic carbocycles. The molecule has 1 aliphatic heterocycles. The Bertz CT molecular complexity index is 145. The van der Waals surface area contributed by atoms with Crippen LogP contribution in [0.5, 0.6) is 0 Å². The van der Waals surface area contributed by atoms with Crippen LogP contribution in [0.3, 0.4) is 0 Å². The molecule has 0 radical (unpaired) electrons. The molecule has 1 fully saturated rings. The van der Waals surface area contributed by atoms with Crippen LogP contribution in [0.25, 0.3) is 0 Å². The van der Waals surface area contributed by atoms with E-state index in [0.29, 0.717) is 5.92 Å². The lowest BCUT2D eigenvalue weighted by Crippen LogP contribution is -2.40. The van der Waals surface area contributed by atoms with Gasteiger partial charge in [0, 0.05) is 13.1 Å². The van der Waals surface area contributed by atoms with Gasteiger partial charge in [-0.3, -0.25) is 4.84 Å². The summed E-state index contributed by atoms with van der Waals surface area (Å²) in [6.45, 7) is 9.13. The van der Waals surface area contributed by atoms with E-state index in [4.69, 9.17) is 10.6 Å². The van der Waals surface area contributed by atoms with E-state index in [2.05, 4.69) is 25.8 Å². The number of hydrogen-bond donors (Lipinski definition) is 1. The molecule has 0 unspecified atom stereocenters. The number of piperidine rings is 1. The van der Waals surface area contributed by atoms with Gasteiger partial charge in [-0.05, 0) is 46.1 Å². The van der Waals surface area contributed by atoms with Crippen LogP contribution in [0.2, 0.25) is 0 Å². The van der Waals surface area contributed by atoms with Crippen LogP contribution in [0.1, 0.15) is 33.6 Å². The Kier molecular flexibility index (Phi) is 3.71. The van der Waals surface area contributed by atoms with E-state index in [1.807, 2.05) is 0 Å². The molecule has 0 aromatic carbocycles. The van der Waals surface area contributed by atoms with Gasteiger partial charge in [0.25, 0.3) is 0 Å². The number of hydroxylamine groups is 2. The Morgan fingerprint density at radius 1 is 1.31 bits per heavy atom. The highest BCUT2D eigenvalue weighted by Crippen LogP contribution is 2.19. The average Bonchev–Trinajstić information content (AvgIpc) is 2.03. The third-order valence-electron chi connectivity index (χ3n) is 2.31. The van der Waals surface area contributed by atoms with Gasteiger partial charge in [-0.2, -0.15) is 5.06 Å². The summed E-state index contributed by atoms with van der Waals surface area (Å²) in [6.07, 6.45) is 2.35. The molecule has 0 aromatic heterocycles. The first-order valence-electron chi connectivity index (χ1n) is 5.15. The molecule has 0 aromatic rings. The minimum absolute atomic E-state index is 0.0600. The van der Waals surface area contributed by atoms with Crippen molar-refractivity contribution in [2.75, 3.05) is 19.6 Å². The summed E-state index contributed by atoms with van der Waals surface area (Å²) in [5.74, 6) is 0.708. The fraction of sp³-hybridized carbons (Fsp3) is 1.00. The highest BCUT2D eigenvalue weighted by atomic mass is 16.7. The van der Waals surface area contributed by atoms with Crippen molar-refractivity contribution in [1.29, 1.82) is 0 Å². The van der Waals surface area contributed by atoms with Gasteiger partial charge in [-0.15, -0.1) is 0 Å². The van der Waals surface area contributed by atoms with E-state index in [1.54, 1.807) is 0 Å². The molecular weight excluding hydrogens is 164 g/mol. The van der Waals surface area contributed by atoms with Crippen LogP contribution < -0.4 is 5.73 Å². The van der Waals surface area contributed by atoms with E-state index in [1.165, 1.54) is 12.8 Å². The van der Waals surface area contributed by atoms with Gasteiger partial charge < -0.3 is 5.73 Å². The second kappa shape index (κ2) is 4.40. The van der Waals surface area contributed by atoms with Gasteiger partial charge in [0.05, 0.1) is 5.60 Å². The average molecular weight is 186 g/mol. The Morgan fingerprint density at radius 2 is 1.85 bits per heavy atom. The third-order valence-corrected chi connectivity index (χ3v) is 2.31. The maximum Gasteiger partial charge on any atom is 0.0815 e. The lowest BCUT2D eigenvalue weighted by atomic mass is 9.98. The van der Waals surface area contributed by atoms with Crippen molar-refractivity contribution in [2.24, 2.45) is 11.7 Å². The lowest BCUT2D eigenvalue weighted by Gasteiger charge is -2.35. The zero-order valence-electron chi connectivity index (χ0n) is 9.05. The zero-order valence-corrected chi connectivity index (χ0v) is 9.05. The van der Waals surface area contributed by atoms with Crippen molar-refractivity contribution in [2.45, 2.75) is 39.2 Å².